The maximum atomic E-state index is 13.0. The van der Waals surface area contributed by atoms with Crippen LogP contribution in [0, 0.1) is 16.3 Å². The van der Waals surface area contributed by atoms with Crippen LogP contribution >= 0.6 is 22.6 Å². The molecule has 2 rings (SSSR count). The molecule has 0 fully saturated rings. The lowest BCUT2D eigenvalue weighted by atomic mass is 10.1. The van der Waals surface area contributed by atoms with Crippen LogP contribution in [0.5, 0.6) is 5.75 Å². The van der Waals surface area contributed by atoms with E-state index in [-0.39, 0.29) is 17.5 Å². The first-order valence-corrected chi connectivity index (χ1v) is 6.61. The monoisotopic (exact) mass is 371 g/mol. The van der Waals surface area contributed by atoms with Gasteiger partial charge in [0.25, 0.3) is 5.91 Å². The zero-order valence-electron chi connectivity index (χ0n) is 10.1. The first kappa shape index (κ1) is 13.8. The van der Waals surface area contributed by atoms with Crippen LogP contribution in [0.25, 0.3) is 0 Å². The van der Waals surface area contributed by atoms with Crippen molar-refractivity contribution < 1.29 is 14.3 Å². The van der Waals surface area contributed by atoms with Gasteiger partial charge in [-0.1, -0.05) is 0 Å². The molecule has 0 atom stereocenters. The molecule has 0 aromatic heterocycles. The predicted molar refractivity (Wildman–Crippen MR) is 79.9 cm³/mol. The molecule has 0 saturated carbocycles. The SMILES string of the molecule is Cc1cc(O)ccc1NC(=O)c1ccc(F)cc1I. The summed E-state index contributed by atoms with van der Waals surface area (Å²) in [5.74, 6) is -0.535. The van der Waals surface area contributed by atoms with E-state index in [1.54, 1.807) is 19.1 Å². The summed E-state index contributed by atoms with van der Waals surface area (Å²) in [5, 5.41) is 12.0. The van der Waals surface area contributed by atoms with Gasteiger partial charge in [-0.25, -0.2) is 4.39 Å². The van der Waals surface area contributed by atoms with E-state index in [0.717, 1.165) is 5.56 Å². The summed E-state index contributed by atoms with van der Waals surface area (Å²) in [6.07, 6.45) is 0. The molecule has 2 aromatic rings. The molecule has 1 amide bonds. The minimum Gasteiger partial charge on any atom is -0.508 e. The molecular weight excluding hydrogens is 360 g/mol. The van der Waals surface area contributed by atoms with Crippen molar-refractivity contribution in [3.05, 3.63) is 56.9 Å². The Labute approximate surface area is 123 Å². The maximum absolute atomic E-state index is 13.0. The molecule has 0 radical (unpaired) electrons. The number of aromatic hydroxyl groups is 1. The number of aryl methyl sites for hydroxylation is 1. The van der Waals surface area contributed by atoms with E-state index in [4.69, 9.17) is 0 Å². The largest absolute Gasteiger partial charge is 0.508 e. The molecule has 0 aliphatic carbocycles. The van der Waals surface area contributed by atoms with Crippen LogP contribution in [-0.4, -0.2) is 11.0 Å². The predicted octanol–water partition coefficient (Wildman–Crippen LogP) is 3.70. The zero-order chi connectivity index (χ0) is 14.0. The Morgan fingerprint density at radius 3 is 2.63 bits per heavy atom. The smallest absolute Gasteiger partial charge is 0.256 e. The highest BCUT2D eigenvalue weighted by Gasteiger charge is 2.12. The molecule has 2 aromatic carbocycles. The molecule has 0 aliphatic rings. The van der Waals surface area contributed by atoms with Gasteiger partial charge in [-0.05, 0) is 71.5 Å². The van der Waals surface area contributed by atoms with Crippen molar-refractivity contribution >= 4 is 34.2 Å². The van der Waals surface area contributed by atoms with E-state index in [1.807, 2.05) is 22.6 Å². The minimum atomic E-state index is -0.373. The minimum absolute atomic E-state index is 0.145. The van der Waals surface area contributed by atoms with Crippen LogP contribution in [0.4, 0.5) is 10.1 Å². The molecule has 0 unspecified atom stereocenters. The van der Waals surface area contributed by atoms with Crippen molar-refractivity contribution in [3.63, 3.8) is 0 Å². The lowest BCUT2D eigenvalue weighted by Crippen LogP contribution is -2.14. The highest BCUT2D eigenvalue weighted by molar-refractivity contribution is 14.1. The number of phenols is 1. The van der Waals surface area contributed by atoms with Crippen LogP contribution in [0.2, 0.25) is 0 Å². The van der Waals surface area contributed by atoms with E-state index in [1.165, 1.54) is 24.3 Å². The van der Waals surface area contributed by atoms with Gasteiger partial charge in [0.2, 0.25) is 0 Å². The number of amides is 1. The standard InChI is InChI=1S/C14H11FINO2/c1-8-6-10(18)3-5-13(8)17-14(19)11-4-2-9(15)7-12(11)16/h2-7,18H,1H3,(H,17,19). The number of phenolic OH excluding ortho intramolecular Hbond substituents is 1. The summed E-state index contributed by atoms with van der Waals surface area (Å²) in [6, 6.07) is 8.69. The third-order valence-electron chi connectivity index (χ3n) is 2.63. The molecule has 19 heavy (non-hydrogen) atoms. The van der Waals surface area contributed by atoms with Crippen molar-refractivity contribution in [3.8, 4) is 5.75 Å². The average Bonchev–Trinajstić information content (AvgIpc) is 2.32. The Hall–Kier alpha value is -1.63. The van der Waals surface area contributed by atoms with Gasteiger partial charge >= 0.3 is 0 Å². The van der Waals surface area contributed by atoms with Gasteiger partial charge in [-0.3, -0.25) is 4.79 Å². The van der Waals surface area contributed by atoms with Gasteiger partial charge in [0.15, 0.2) is 0 Å². The fourth-order valence-electron chi connectivity index (χ4n) is 1.65. The van der Waals surface area contributed by atoms with Crippen LogP contribution in [0.3, 0.4) is 0 Å². The lowest BCUT2D eigenvalue weighted by Gasteiger charge is -2.09. The molecule has 0 spiro atoms. The van der Waals surface area contributed by atoms with Crippen molar-refractivity contribution in [2.24, 2.45) is 0 Å². The second-order valence-electron chi connectivity index (χ2n) is 4.08. The van der Waals surface area contributed by atoms with Crippen LogP contribution in [0.1, 0.15) is 15.9 Å². The van der Waals surface area contributed by atoms with Crippen molar-refractivity contribution in [1.82, 2.24) is 0 Å². The number of halogens is 2. The van der Waals surface area contributed by atoms with E-state index in [9.17, 15) is 14.3 Å². The number of nitrogens with one attached hydrogen (secondary N) is 1. The fourth-order valence-corrected chi connectivity index (χ4v) is 2.37. The second-order valence-corrected chi connectivity index (χ2v) is 5.24. The number of hydrogen-bond acceptors (Lipinski definition) is 2. The number of hydrogen-bond donors (Lipinski definition) is 2. The quantitative estimate of drug-likeness (QED) is 0.625. The maximum Gasteiger partial charge on any atom is 0.256 e. The lowest BCUT2D eigenvalue weighted by molar-refractivity contribution is 0.102. The van der Waals surface area contributed by atoms with E-state index in [2.05, 4.69) is 5.32 Å². The highest BCUT2D eigenvalue weighted by Crippen LogP contribution is 2.22. The molecule has 0 aliphatic heterocycles. The van der Waals surface area contributed by atoms with Crippen molar-refractivity contribution in [1.29, 1.82) is 0 Å². The van der Waals surface area contributed by atoms with Crippen LogP contribution < -0.4 is 5.32 Å². The number of rotatable bonds is 2. The molecule has 0 saturated heterocycles. The van der Waals surface area contributed by atoms with Gasteiger partial charge < -0.3 is 10.4 Å². The van der Waals surface area contributed by atoms with Crippen molar-refractivity contribution in [2.75, 3.05) is 5.32 Å². The normalized spacial score (nSPS) is 10.3. The third-order valence-corrected chi connectivity index (χ3v) is 3.53. The van der Waals surface area contributed by atoms with Gasteiger partial charge in [0.05, 0.1) is 5.56 Å². The molecule has 0 bridgehead atoms. The average molecular weight is 371 g/mol. The molecule has 3 nitrogen and oxygen atoms in total. The second kappa shape index (κ2) is 5.56. The summed E-state index contributed by atoms with van der Waals surface area (Å²) >= 11 is 1.92. The summed E-state index contributed by atoms with van der Waals surface area (Å²) in [6.45, 7) is 1.78. The number of carbonyl (C=O) groups excluding carboxylic acids is 1. The van der Waals surface area contributed by atoms with Crippen LogP contribution in [0.15, 0.2) is 36.4 Å². The first-order chi connectivity index (χ1) is 8.97. The molecule has 98 valence electrons. The van der Waals surface area contributed by atoms with Gasteiger partial charge in [-0.15, -0.1) is 0 Å². The summed E-state index contributed by atoms with van der Waals surface area (Å²) in [7, 11) is 0. The number of anilines is 1. The third kappa shape index (κ3) is 3.23. The molecule has 5 heteroatoms. The van der Waals surface area contributed by atoms with Crippen LogP contribution in [-0.2, 0) is 0 Å². The Morgan fingerprint density at radius 1 is 1.26 bits per heavy atom. The Kier molecular flexibility index (Phi) is 4.04. The summed E-state index contributed by atoms with van der Waals surface area (Å²) in [5.41, 5.74) is 1.78. The number of benzene rings is 2. The first-order valence-electron chi connectivity index (χ1n) is 5.53. The Balaban J connectivity index is 2.25. The Morgan fingerprint density at radius 2 is 2.00 bits per heavy atom. The van der Waals surface area contributed by atoms with Crippen molar-refractivity contribution in [2.45, 2.75) is 6.92 Å². The zero-order valence-corrected chi connectivity index (χ0v) is 12.2. The topological polar surface area (TPSA) is 49.3 Å². The van der Waals surface area contributed by atoms with E-state index in [0.29, 0.717) is 14.8 Å². The molecule has 0 heterocycles. The van der Waals surface area contributed by atoms with E-state index >= 15 is 0 Å². The van der Waals surface area contributed by atoms with E-state index < -0.39 is 0 Å². The highest BCUT2D eigenvalue weighted by atomic mass is 127. The Bertz CT molecular complexity index is 643. The van der Waals surface area contributed by atoms with Gasteiger partial charge in [-0.2, -0.15) is 0 Å². The fraction of sp³-hybridized carbons (Fsp3) is 0.0714. The molecular formula is C14H11FINO2. The van der Waals surface area contributed by atoms with Gasteiger partial charge in [0.1, 0.15) is 11.6 Å². The number of carbonyl (C=O) groups is 1. The molecule has 2 N–H and O–H groups in total. The summed E-state index contributed by atoms with van der Waals surface area (Å²) in [4.78, 5) is 12.1. The summed E-state index contributed by atoms with van der Waals surface area (Å²) < 4.78 is 13.5. The van der Waals surface area contributed by atoms with Gasteiger partial charge in [0, 0.05) is 9.26 Å².